The average molecular weight is 564 g/mol. The van der Waals surface area contributed by atoms with Gasteiger partial charge in [0.25, 0.3) is 5.56 Å². The third-order valence-corrected chi connectivity index (χ3v) is 7.08. The number of nitrogens with one attached hydrogen (secondary N) is 2. The third-order valence-electron chi connectivity index (χ3n) is 6.71. The summed E-state index contributed by atoms with van der Waals surface area (Å²) >= 11 is 6.53. The van der Waals surface area contributed by atoms with E-state index >= 15 is 0 Å². The minimum atomic E-state index is -0.585. The summed E-state index contributed by atoms with van der Waals surface area (Å²) in [5, 5.41) is 6.82. The third kappa shape index (κ3) is 6.07. The topological polar surface area (TPSA) is 106 Å². The molecule has 0 unspecified atom stereocenters. The molecule has 1 atom stereocenters. The Balaban J connectivity index is 1.54. The van der Waals surface area contributed by atoms with Crippen molar-refractivity contribution in [3.63, 3.8) is 0 Å². The Bertz CT molecular complexity index is 1580. The number of fused-ring (bicyclic) bond motifs is 1. The van der Waals surface area contributed by atoms with Crippen molar-refractivity contribution in [1.82, 2.24) is 24.4 Å². The van der Waals surface area contributed by atoms with Gasteiger partial charge < -0.3 is 20.3 Å². The predicted molar refractivity (Wildman–Crippen MR) is 158 cm³/mol. The summed E-state index contributed by atoms with van der Waals surface area (Å²) in [6.07, 6.45) is 1.20. The number of ether oxygens (including phenoxy) is 1. The molecule has 10 nitrogen and oxygen atoms in total. The Kier molecular flexibility index (Phi) is 7.71. The first-order chi connectivity index (χ1) is 19.1. The number of carbonyl (C=O) groups excluding carboxylic acids is 1. The van der Waals surface area contributed by atoms with Crippen LogP contribution in [0.3, 0.4) is 0 Å². The van der Waals surface area contributed by atoms with Crippen LogP contribution in [0, 0.1) is 0 Å². The summed E-state index contributed by atoms with van der Waals surface area (Å²) < 4.78 is 8.85. The minimum absolute atomic E-state index is 0.136. The van der Waals surface area contributed by atoms with Crippen molar-refractivity contribution in [2.75, 3.05) is 23.3 Å². The highest BCUT2D eigenvalue weighted by Crippen LogP contribution is 2.27. The van der Waals surface area contributed by atoms with Gasteiger partial charge in [-0.1, -0.05) is 48.0 Å². The Morgan fingerprint density at radius 3 is 2.55 bits per heavy atom. The Morgan fingerprint density at radius 1 is 1.10 bits per heavy atom. The first-order valence-corrected chi connectivity index (χ1v) is 13.7. The van der Waals surface area contributed by atoms with Gasteiger partial charge in [0.1, 0.15) is 5.60 Å². The fourth-order valence-electron chi connectivity index (χ4n) is 4.85. The van der Waals surface area contributed by atoms with E-state index in [0.29, 0.717) is 47.7 Å². The summed E-state index contributed by atoms with van der Waals surface area (Å²) in [5.41, 5.74) is 1.59. The minimum Gasteiger partial charge on any atom is -0.444 e. The Morgan fingerprint density at radius 2 is 1.82 bits per heavy atom. The van der Waals surface area contributed by atoms with Crippen LogP contribution >= 0.6 is 11.6 Å². The van der Waals surface area contributed by atoms with Crippen LogP contribution in [0.5, 0.6) is 0 Å². The van der Waals surface area contributed by atoms with Gasteiger partial charge in [-0.15, -0.1) is 0 Å². The number of hydrogen-bond donors (Lipinski definition) is 2. The van der Waals surface area contributed by atoms with Crippen LogP contribution in [0.4, 0.5) is 22.4 Å². The number of para-hydroxylation sites is 1. The monoisotopic (exact) mass is 563 g/mol. The summed E-state index contributed by atoms with van der Waals surface area (Å²) in [7, 11) is 1.69. The smallest absolute Gasteiger partial charge is 0.407 e. The fraction of sp³-hybridized carbons (Fsp3) is 0.379. The predicted octanol–water partition coefficient (Wildman–Crippen LogP) is 5.07. The molecule has 2 aromatic carbocycles. The van der Waals surface area contributed by atoms with Crippen molar-refractivity contribution in [2.45, 2.75) is 51.8 Å². The number of imidazole rings is 1. The zero-order valence-electron chi connectivity index (χ0n) is 23.1. The standard InChI is InChI=1S/C29H34ClN7O3/c1-29(2,3)40-28(39)32-21-14-10-16-36(18-21)27-34-24-23(37(27)17-19-11-8-9-15-22(19)30)25(38)35(4)26(33-24)31-20-12-6-5-7-13-20/h5-9,11-13,15,21H,10,14,16-18H2,1-4H3,(H,31,33)(H,32,39)/t21-/m1/s1. The molecular weight excluding hydrogens is 530 g/mol. The summed E-state index contributed by atoms with van der Waals surface area (Å²) in [5.74, 6) is 0.993. The number of benzene rings is 2. The van der Waals surface area contributed by atoms with Crippen molar-refractivity contribution in [3.05, 3.63) is 75.5 Å². The number of alkyl carbamates (subject to hydrolysis) is 1. The number of anilines is 3. The number of amides is 1. The van der Waals surface area contributed by atoms with Crippen molar-refractivity contribution < 1.29 is 9.53 Å². The first kappa shape index (κ1) is 27.5. The summed E-state index contributed by atoms with van der Waals surface area (Å²) in [6, 6.07) is 17.0. The van der Waals surface area contributed by atoms with E-state index in [0.717, 1.165) is 24.1 Å². The van der Waals surface area contributed by atoms with Crippen LogP contribution in [0.15, 0.2) is 59.4 Å². The van der Waals surface area contributed by atoms with Crippen LogP contribution in [0.1, 0.15) is 39.2 Å². The molecule has 0 spiro atoms. The second kappa shape index (κ2) is 11.2. The van der Waals surface area contributed by atoms with Gasteiger partial charge in [-0.3, -0.25) is 13.9 Å². The van der Waals surface area contributed by atoms with Crippen molar-refractivity contribution in [2.24, 2.45) is 7.05 Å². The Hall–Kier alpha value is -4.05. The van der Waals surface area contributed by atoms with Gasteiger partial charge in [0.2, 0.25) is 11.9 Å². The molecule has 0 saturated carbocycles. The molecule has 210 valence electrons. The van der Waals surface area contributed by atoms with Gasteiger partial charge in [0.15, 0.2) is 11.2 Å². The van der Waals surface area contributed by atoms with Crippen LogP contribution in [-0.2, 0) is 18.3 Å². The van der Waals surface area contributed by atoms with Gasteiger partial charge in [0, 0.05) is 36.9 Å². The molecule has 1 amide bonds. The SMILES string of the molecule is Cn1c(Nc2ccccc2)nc2nc(N3CCC[C@@H](NC(=O)OC(C)(C)C)C3)n(Cc3ccccc3Cl)c2c1=O. The molecule has 2 N–H and O–H groups in total. The number of aromatic nitrogens is 4. The summed E-state index contributed by atoms with van der Waals surface area (Å²) in [6.45, 7) is 7.09. The van der Waals surface area contributed by atoms with E-state index in [-0.39, 0.29) is 11.6 Å². The van der Waals surface area contributed by atoms with Crippen LogP contribution in [-0.4, -0.2) is 49.9 Å². The molecule has 0 aliphatic carbocycles. The second-order valence-corrected chi connectivity index (χ2v) is 11.4. The molecule has 0 bridgehead atoms. The molecule has 4 aromatic rings. The fourth-order valence-corrected chi connectivity index (χ4v) is 5.05. The number of carbonyl (C=O) groups is 1. The maximum Gasteiger partial charge on any atom is 0.407 e. The normalized spacial score (nSPS) is 15.7. The van der Waals surface area contributed by atoms with E-state index in [1.807, 2.05) is 79.9 Å². The van der Waals surface area contributed by atoms with E-state index in [9.17, 15) is 9.59 Å². The molecule has 40 heavy (non-hydrogen) atoms. The number of nitrogens with zero attached hydrogens (tertiary/aromatic N) is 5. The largest absolute Gasteiger partial charge is 0.444 e. The number of hydrogen-bond acceptors (Lipinski definition) is 7. The zero-order valence-corrected chi connectivity index (χ0v) is 23.9. The lowest BCUT2D eigenvalue weighted by Crippen LogP contribution is -2.49. The number of piperidine rings is 1. The molecule has 1 aliphatic heterocycles. The van der Waals surface area contributed by atoms with Gasteiger partial charge >= 0.3 is 6.09 Å². The zero-order chi connectivity index (χ0) is 28.4. The van der Waals surface area contributed by atoms with Gasteiger partial charge in [-0.2, -0.15) is 9.97 Å². The average Bonchev–Trinajstić information content (AvgIpc) is 3.26. The lowest BCUT2D eigenvalue weighted by atomic mass is 10.1. The van der Waals surface area contributed by atoms with Crippen molar-refractivity contribution in [3.8, 4) is 0 Å². The Labute approximate surface area is 237 Å². The highest BCUT2D eigenvalue weighted by Gasteiger charge is 2.29. The molecular formula is C29H34ClN7O3. The van der Waals surface area contributed by atoms with Gasteiger partial charge in [-0.25, -0.2) is 4.79 Å². The molecule has 2 aromatic heterocycles. The van der Waals surface area contributed by atoms with Gasteiger partial charge in [-0.05, 0) is 57.4 Å². The number of halogens is 1. The molecule has 3 heterocycles. The lowest BCUT2D eigenvalue weighted by molar-refractivity contribution is 0.0499. The maximum absolute atomic E-state index is 13.8. The molecule has 0 radical (unpaired) electrons. The summed E-state index contributed by atoms with van der Waals surface area (Å²) in [4.78, 5) is 38.0. The van der Waals surface area contributed by atoms with Crippen molar-refractivity contribution >= 4 is 46.4 Å². The molecule has 5 rings (SSSR count). The first-order valence-electron chi connectivity index (χ1n) is 13.4. The van der Waals surface area contributed by atoms with Crippen molar-refractivity contribution in [1.29, 1.82) is 0 Å². The van der Waals surface area contributed by atoms with Crippen LogP contribution in [0.2, 0.25) is 5.02 Å². The highest BCUT2D eigenvalue weighted by atomic mass is 35.5. The van der Waals surface area contributed by atoms with Gasteiger partial charge in [0.05, 0.1) is 6.54 Å². The lowest BCUT2D eigenvalue weighted by Gasteiger charge is -2.34. The van der Waals surface area contributed by atoms with Crippen LogP contribution < -0.4 is 21.1 Å². The van der Waals surface area contributed by atoms with E-state index in [4.69, 9.17) is 26.3 Å². The molecule has 1 aliphatic rings. The number of rotatable bonds is 6. The van der Waals surface area contributed by atoms with E-state index < -0.39 is 11.7 Å². The van der Waals surface area contributed by atoms with Crippen LogP contribution in [0.25, 0.3) is 11.2 Å². The van der Waals surface area contributed by atoms with E-state index in [2.05, 4.69) is 15.5 Å². The second-order valence-electron chi connectivity index (χ2n) is 11.0. The van der Waals surface area contributed by atoms with E-state index in [1.54, 1.807) is 7.05 Å². The van der Waals surface area contributed by atoms with E-state index in [1.165, 1.54) is 4.57 Å². The molecule has 1 fully saturated rings. The quantitative estimate of drug-likeness (QED) is 0.337. The maximum atomic E-state index is 13.8. The highest BCUT2D eigenvalue weighted by molar-refractivity contribution is 6.31. The molecule has 11 heteroatoms. The molecule has 1 saturated heterocycles.